The molecule has 1 unspecified atom stereocenters. The number of anilines is 1. The van der Waals surface area contributed by atoms with Crippen molar-refractivity contribution >= 4 is 39.4 Å². The minimum absolute atomic E-state index is 0.122. The fourth-order valence-corrected chi connectivity index (χ4v) is 5.18. The van der Waals surface area contributed by atoms with Crippen LogP contribution in [0, 0.1) is 0 Å². The van der Waals surface area contributed by atoms with E-state index in [1.54, 1.807) is 31.4 Å². The maximum atomic E-state index is 13.5. The van der Waals surface area contributed by atoms with Crippen molar-refractivity contribution in [2.75, 3.05) is 39.4 Å². The van der Waals surface area contributed by atoms with E-state index >= 15 is 0 Å². The average molecular weight is 529 g/mol. The van der Waals surface area contributed by atoms with Gasteiger partial charge in [-0.15, -0.1) is 0 Å². The van der Waals surface area contributed by atoms with Gasteiger partial charge in [0.2, 0.25) is 18.3 Å². The first-order valence-corrected chi connectivity index (χ1v) is 11.9. The molecule has 1 amide bonds. The summed E-state index contributed by atoms with van der Waals surface area (Å²) in [5.74, 6) is 1.44. The van der Waals surface area contributed by atoms with Gasteiger partial charge >= 0.3 is 0 Å². The van der Waals surface area contributed by atoms with Gasteiger partial charge in [-0.1, -0.05) is 0 Å². The number of carbonyl (C=O) groups is 2. The summed E-state index contributed by atoms with van der Waals surface area (Å²) in [7, 11) is 3.48. The number of hydrogen-bond donors (Lipinski definition) is 1. The second-order valence-electron chi connectivity index (χ2n) is 8.40. The van der Waals surface area contributed by atoms with Gasteiger partial charge in [0.25, 0.3) is 5.91 Å². The van der Waals surface area contributed by atoms with Gasteiger partial charge in [-0.3, -0.25) is 9.59 Å². The highest BCUT2D eigenvalue weighted by molar-refractivity contribution is 9.10. The summed E-state index contributed by atoms with van der Waals surface area (Å²) < 4.78 is 23.2. The van der Waals surface area contributed by atoms with Gasteiger partial charge < -0.3 is 29.2 Å². The molecular weight excluding hydrogens is 504 g/mol. The number of allylic oxidation sites excluding steroid dienone is 1. The summed E-state index contributed by atoms with van der Waals surface area (Å²) in [6.45, 7) is 1.38. The molecule has 0 spiro atoms. The summed E-state index contributed by atoms with van der Waals surface area (Å²) in [4.78, 5) is 27.7. The van der Waals surface area contributed by atoms with Gasteiger partial charge in [-0.25, -0.2) is 0 Å². The van der Waals surface area contributed by atoms with Crippen molar-refractivity contribution < 1.29 is 28.5 Å². The lowest BCUT2D eigenvalue weighted by atomic mass is 10.0. The molecule has 9 heteroatoms. The number of fused-ring (bicyclic) bond motifs is 2. The van der Waals surface area contributed by atoms with Crippen LogP contribution in [0.2, 0.25) is 0 Å². The summed E-state index contributed by atoms with van der Waals surface area (Å²) in [6, 6.07) is 6.92. The Morgan fingerprint density at radius 1 is 1.18 bits per heavy atom. The Bertz CT molecular complexity index is 1170. The minimum atomic E-state index is -0.406. The van der Waals surface area contributed by atoms with Crippen molar-refractivity contribution in [3.63, 3.8) is 0 Å². The number of carbonyl (C=O) groups excluding carboxylic acids is 2. The molecule has 0 saturated carbocycles. The van der Waals surface area contributed by atoms with E-state index in [0.29, 0.717) is 53.8 Å². The predicted molar refractivity (Wildman–Crippen MR) is 130 cm³/mol. The zero-order valence-corrected chi connectivity index (χ0v) is 20.6. The van der Waals surface area contributed by atoms with Gasteiger partial charge in [-0.05, 0) is 71.1 Å². The van der Waals surface area contributed by atoms with Crippen LogP contribution in [0.4, 0.5) is 5.69 Å². The van der Waals surface area contributed by atoms with Crippen LogP contribution in [0.15, 0.2) is 34.4 Å². The molecule has 0 aliphatic carbocycles. The molecule has 3 aliphatic heterocycles. The third kappa shape index (κ3) is 4.03. The van der Waals surface area contributed by atoms with Crippen molar-refractivity contribution in [3.8, 4) is 17.2 Å². The number of ketones is 1. The van der Waals surface area contributed by atoms with E-state index in [1.165, 1.54) is 0 Å². The van der Waals surface area contributed by atoms with Crippen LogP contribution in [-0.4, -0.2) is 56.8 Å². The molecule has 1 N–H and O–H groups in total. The number of benzene rings is 2. The summed E-state index contributed by atoms with van der Waals surface area (Å²) in [6.07, 6.45) is 3.76. The number of ether oxygens (including phenoxy) is 4. The number of likely N-dealkylation sites (N-methyl/N-ethyl adjacent to an activating group) is 1. The number of Topliss-reactive ketones (excluding diaryl/α,β-unsaturated/α-hetero) is 1. The maximum absolute atomic E-state index is 13.5. The lowest BCUT2D eigenvalue weighted by Gasteiger charge is -2.20. The van der Waals surface area contributed by atoms with Crippen LogP contribution in [0.3, 0.4) is 0 Å². The number of halogens is 1. The third-order valence-electron chi connectivity index (χ3n) is 6.32. The molecule has 3 heterocycles. The summed E-state index contributed by atoms with van der Waals surface area (Å²) >= 11 is 3.65. The monoisotopic (exact) mass is 528 g/mol. The zero-order chi connectivity index (χ0) is 23.8. The molecule has 2 aromatic rings. The Labute approximate surface area is 205 Å². The zero-order valence-electron chi connectivity index (χ0n) is 19.0. The SMILES string of the molecule is COc1c2c(c(Br)c3c1OCO3)CCN(C)C(C(=O)c1ccc(NC(=O)C3CCCO3)cc1)=C2. The highest BCUT2D eigenvalue weighted by Gasteiger charge is 2.31. The lowest BCUT2D eigenvalue weighted by molar-refractivity contribution is -0.124. The van der Waals surface area contributed by atoms with Crippen LogP contribution in [-0.2, 0) is 16.0 Å². The van der Waals surface area contributed by atoms with Crippen molar-refractivity contribution in [3.05, 3.63) is 51.1 Å². The maximum Gasteiger partial charge on any atom is 0.253 e. The van der Waals surface area contributed by atoms with E-state index in [2.05, 4.69) is 21.2 Å². The van der Waals surface area contributed by atoms with E-state index in [0.717, 1.165) is 28.4 Å². The molecule has 2 aromatic carbocycles. The average Bonchev–Trinajstić information content (AvgIpc) is 3.52. The largest absolute Gasteiger partial charge is 0.492 e. The Morgan fingerprint density at radius 2 is 1.94 bits per heavy atom. The third-order valence-corrected chi connectivity index (χ3v) is 7.15. The van der Waals surface area contributed by atoms with E-state index in [-0.39, 0.29) is 18.5 Å². The van der Waals surface area contributed by atoms with Gasteiger partial charge in [-0.2, -0.15) is 0 Å². The number of methoxy groups -OCH3 is 1. The quantitative estimate of drug-likeness (QED) is 0.586. The number of rotatable bonds is 5. The molecule has 0 bridgehead atoms. The molecule has 3 aliphatic rings. The van der Waals surface area contributed by atoms with Gasteiger partial charge in [0, 0.05) is 37.0 Å². The highest BCUT2D eigenvalue weighted by atomic mass is 79.9. The number of nitrogens with zero attached hydrogens (tertiary/aromatic N) is 1. The fourth-order valence-electron chi connectivity index (χ4n) is 4.47. The first-order chi connectivity index (χ1) is 16.5. The summed E-state index contributed by atoms with van der Waals surface area (Å²) in [5, 5.41) is 2.86. The molecule has 0 radical (unpaired) electrons. The minimum Gasteiger partial charge on any atom is -0.492 e. The molecule has 1 fully saturated rings. The second kappa shape index (κ2) is 9.31. The van der Waals surface area contributed by atoms with Crippen LogP contribution in [0.1, 0.15) is 34.3 Å². The number of nitrogens with one attached hydrogen (secondary N) is 1. The van der Waals surface area contributed by atoms with Crippen molar-refractivity contribution in [2.24, 2.45) is 0 Å². The highest BCUT2D eigenvalue weighted by Crippen LogP contribution is 2.51. The molecule has 178 valence electrons. The molecule has 5 rings (SSSR count). The molecule has 1 saturated heterocycles. The number of hydrogen-bond acceptors (Lipinski definition) is 7. The Hall–Kier alpha value is -3.04. The first-order valence-electron chi connectivity index (χ1n) is 11.2. The molecular formula is C25H25BrN2O6. The topological polar surface area (TPSA) is 86.3 Å². The Kier molecular flexibility index (Phi) is 6.22. The predicted octanol–water partition coefficient (Wildman–Crippen LogP) is 4.02. The Balaban J connectivity index is 1.44. The molecule has 8 nitrogen and oxygen atoms in total. The van der Waals surface area contributed by atoms with Gasteiger partial charge in [0.1, 0.15) is 6.10 Å². The normalized spacial score (nSPS) is 18.7. The van der Waals surface area contributed by atoms with Crippen molar-refractivity contribution in [2.45, 2.75) is 25.4 Å². The van der Waals surface area contributed by atoms with E-state index in [9.17, 15) is 9.59 Å². The van der Waals surface area contributed by atoms with E-state index in [1.807, 2.05) is 18.0 Å². The van der Waals surface area contributed by atoms with Crippen LogP contribution >= 0.6 is 15.9 Å². The molecule has 0 aromatic heterocycles. The van der Waals surface area contributed by atoms with Crippen LogP contribution in [0.5, 0.6) is 17.2 Å². The van der Waals surface area contributed by atoms with Crippen LogP contribution in [0.25, 0.3) is 6.08 Å². The van der Waals surface area contributed by atoms with Gasteiger partial charge in [0.15, 0.2) is 11.5 Å². The standard InChI is InChI=1S/C25H25BrN2O6/c1-28-10-9-16-17(22(31-2)24-23(20(16)26)33-13-34-24)12-18(28)21(29)14-5-7-15(8-6-14)27-25(30)19-4-3-11-32-19/h5-8,12,19H,3-4,9-11,13H2,1-2H3,(H,27,30). The first kappa shape index (κ1) is 22.7. The Morgan fingerprint density at radius 3 is 2.65 bits per heavy atom. The van der Waals surface area contributed by atoms with Crippen molar-refractivity contribution in [1.82, 2.24) is 4.90 Å². The van der Waals surface area contributed by atoms with E-state index < -0.39 is 6.10 Å². The smallest absolute Gasteiger partial charge is 0.253 e. The lowest BCUT2D eigenvalue weighted by Crippen LogP contribution is -2.27. The molecule has 34 heavy (non-hydrogen) atoms. The molecule has 1 atom stereocenters. The van der Waals surface area contributed by atoms with E-state index in [4.69, 9.17) is 18.9 Å². The second-order valence-corrected chi connectivity index (χ2v) is 9.20. The van der Waals surface area contributed by atoms with Crippen molar-refractivity contribution in [1.29, 1.82) is 0 Å². The fraction of sp³-hybridized carbons (Fsp3) is 0.360. The van der Waals surface area contributed by atoms with Crippen LogP contribution < -0.4 is 19.5 Å². The number of amides is 1. The summed E-state index contributed by atoms with van der Waals surface area (Å²) in [5.41, 5.74) is 3.49. The van der Waals surface area contributed by atoms with Gasteiger partial charge in [0.05, 0.1) is 17.3 Å².